The van der Waals surface area contributed by atoms with E-state index in [4.69, 9.17) is 16.9 Å². The summed E-state index contributed by atoms with van der Waals surface area (Å²) in [6.07, 6.45) is 0.535. The van der Waals surface area contributed by atoms with E-state index in [2.05, 4.69) is 6.07 Å². The average Bonchev–Trinajstić information content (AvgIpc) is 3.09. The lowest BCUT2D eigenvalue weighted by Crippen LogP contribution is -2.41. The SMILES string of the molecule is N#Cc1cccc(CC(=O)N2C[C@H](O)C[C@H]2C(=O)CCc2ccc(Cl)cc2)c1. The first-order chi connectivity index (χ1) is 13.5. The van der Waals surface area contributed by atoms with Crippen LogP contribution in [0.3, 0.4) is 0 Å². The molecule has 1 aliphatic rings. The van der Waals surface area contributed by atoms with E-state index in [9.17, 15) is 14.7 Å². The number of likely N-dealkylation sites (tertiary alicyclic amines) is 1. The fourth-order valence-electron chi connectivity index (χ4n) is 3.51. The van der Waals surface area contributed by atoms with E-state index >= 15 is 0 Å². The standard InChI is InChI=1S/C22H21ClN2O3/c23-18-7-4-15(5-8-18)6-9-21(27)20-12-19(26)14-25(20)22(28)11-16-2-1-3-17(10-16)13-24/h1-5,7-8,10,19-20,26H,6,9,11-12,14H2/t19-,20+/m1/s1. The first-order valence-electron chi connectivity index (χ1n) is 9.20. The minimum Gasteiger partial charge on any atom is -0.391 e. The molecule has 1 amide bonds. The molecule has 1 heterocycles. The number of nitrogens with zero attached hydrogens (tertiary/aromatic N) is 2. The molecule has 5 nitrogen and oxygen atoms in total. The van der Waals surface area contributed by atoms with E-state index in [-0.39, 0.29) is 31.1 Å². The molecule has 1 saturated heterocycles. The Kier molecular flexibility index (Phi) is 6.45. The summed E-state index contributed by atoms with van der Waals surface area (Å²) in [4.78, 5) is 27.0. The van der Waals surface area contributed by atoms with Crippen LogP contribution in [0.25, 0.3) is 0 Å². The maximum absolute atomic E-state index is 12.8. The second-order valence-electron chi connectivity index (χ2n) is 7.03. The van der Waals surface area contributed by atoms with Gasteiger partial charge in [-0.1, -0.05) is 35.9 Å². The number of β-amino-alcohol motifs (C(OH)–C–C–N with tert-alkyl or cyclic N) is 1. The number of halogens is 1. The van der Waals surface area contributed by atoms with Gasteiger partial charge in [-0.25, -0.2) is 0 Å². The molecule has 1 N–H and O–H groups in total. The largest absolute Gasteiger partial charge is 0.391 e. The normalized spacial score (nSPS) is 18.7. The predicted octanol–water partition coefficient (Wildman–Crippen LogP) is 2.92. The highest BCUT2D eigenvalue weighted by Gasteiger charge is 2.38. The molecule has 0 saturated carbocycles. The maximum Gasteiger partial charge on any atom is 0.227 e. The van der Waals surface area contributed by atoms with Gasteiger partial charge in [-0.15, -0.1) is 0 Å². The van der Waals surface area contributed by atoms with Gasteiger partial charge in [-0.05, 0) is 41.8 Å². The number of nitriles is 1. The summed E-state index contributed by atoms with van der Waals surface area (Å²) < 4.78 is 0. The van der Waals surface area contributed by atoms with Crippen molar-refractivity contribution in [3.05, 3.63) is 70.2 Å². The molecule has 2 aromatic carbocycles. The minimum absolute atomic E-state index is 0.0503. The number of carbonyl (C=O) groups excluding carboxylic acids is 2. The van der Waals surface area contributed by atoms with Gasteiger partial charge in [-0.3, -0.25) is 9.59 Å². The van der Waals surface area contributed by atoms with Crippen LogP contribution in [0, 0.1) is 11.3 Å². The summed E-state index contributed by atoms with van der Waals surface area (Å²) in [5.74, 6) is -0.262. The molecule has 3 rings (SSSR count). The third-order valence-corrected chi connectivity index (χ3v) is 5.21. The zero-order valence-electron chi connectivity index (χ0n) is 15.3. The Morgan fingerprint density at radius 3 is 2.64 bits per heavy atom. The molecule has 0 unspecified atom stereocenters. The van der Waals surface area contributed by atoms with Gasteiger partial charge in [-0.2, -0.15) is 5.26 Å². The van der Waals surface area contributed by atoms with Crippen molar-refractivity contribution in [3.63, 3.8) is 0 Å². The molecule has 2 aromatic rings. The number of aliphatic hydroxyl groups excluding tert-OH is 1. The third-order valence-electron chi connectivity index (χ3n) is 4.96. The fraction of sp³-hybridized carbons (Fsp3) is 0.318. The van der Waals surface area contributed by atoms with Crippen molar-refractivity contribution < 1.29 is 14.7 Å². The number of carbonyl (C=O) groups is 2. The van der Waals surface area contributed by atoms with Gasteiger partial charge in [0.15, 0.2) is 5.78 Å². The van der Waals surface area contributed by atoms with Crippen LogP contribution in [-0.4, -0.2) is 40.4 Å². The smallest absolute Gasteiger partial charge is 0.227 e. The van der Waals surface area contributed by atoms with Crippen LogP contribution in [0.1, 0.15) is 29.5 Å². The van der Waals surface area contributed by atoms with Gasteiger partial charge >= 0.3 is 0 Å². The molecule has 0 radical (unpaired) electrons. The van der Waals surface area contributed by atoms with E-state index in [0.29, 0.717) is 23.4 Å². The second kappa shape index (κ2) is 9.01. The number of aliphatic hydroxyl groups is 1. The number of hydrogen-bond donors (Lipinski definition) is 1. The van der Waals surface area contributed by atoms with Crippen molar-refractivity contribution in [3.8, 4) is 6.07 Å². The molecule has 28 heavy (non-hydrogen) atoms. The van der Waals surface area contributed by atoms with E-state index < -0.39 is 12.1 Å². The number of amides is 1. The van der Waals surface area contributed by atoms with Crippen molar-refractivity contribution in [2.45, 2.75) is 37.8 Å². The van der Waals surface area contributed by atoms with Crippen molar-refractivity contribution in [2.75, 3.05) is 6.54 Å². The lowest BCUT2D eigenvalue weighted by atomic mass is 10.0. The molecule has 6 heteroatoms. The van der Waals surface area contributed by atoms with Crippen molar-refractivity contribution >= 4 is 23.3 Å². The van der Waals surface area contributed by atoms with Crippen molar-refractivity contribution in [1.29, 1.82) is 5.26 Å². The fourth-order valence-corrected chi connectivity index (χ4v) is 3.63. The Morgan fingerprint density at radius 1 is 1.18 bits per heavy atom. The van der Waals surface area contributed by atoms with Crippen LogP contribution in [0.15, 0.2) is 48.5 Å². The van der Waals surface area contributed by atoms with E-state index in [1.807, 2.05) is 12.1 Å². The third kappa shape index (κ3) is 4.98. The molecule has 0 spiro atoms. The summed E-state index contributed by atoms with van der Waals surface area (Å²) in [6.45, 7) is 0.161. The predicted molar refractivity (Wildman–Crippen MR) is 106 cm³/mol. The number of benzene rings is 2. The number of hydrogen-bond acceptors (Lipinski definition) is 4. The molecule has 1 fully saturated rings. The Balaban J connectivity index is 1.64. The van der Waals surface area contributed by atoms with Crippen molar-refractivity contribution in [2.24, 2.45) is 0 Å². The molecule has 2 atom stereocenters. The Bertz CT molecular complexity index is 905. The van der Waals surface area contributed by atoms with Crippen LogP contribution < -0.4 is 0 Å². The summed E-state index contributed by atoms with van der Waals surface area (Å²) in [7, 11) is 0. The minimum atomic E-state index is -0.695. The molecular formula is C22H21ClN2O3. The van der Waals surface area contributed by atoms with E-state index in [1.165, 1.54) is 4.90 Å². The van der Waals surface area contributed by atoms with Gasteiger partial charge < -0.3 is 10.0 Å². The lowest BCUT2D eigenvalue weighted by molar-refractivity contribution is -0.137. The highest BCUT2D eigenvalue weighted by Crippen LogP contribution is 2.22. The van der Waals surface area contributed by atoms with Crippen LogP contribution >= 0.6 is 11.6 Å². The topological polar surface area (TPSA) is 81.4 Å². The van der Waals surface area contributed by atoms with Crippen LogP contribution in [0.4, 0.5) is 0 Å². The Morgan fingerprint density at radius 2 is 1.93 bits per heavy atom. The summed E-state index contributed by atoms with van der Waals surface area (Å²) in [5.41, 5.74) is 2.21. The number of rotatable bonds is 6. The van der Waals surface area contributed by atoms with E-state index in [0.717, 1.165) is 11.1 Å². The molecule has 1 aliphatic heterocycles. The highest BCUT2D eigenvalue weighted by molar-refractivity contribution is 6.30. The van der Waals surface area contributed by atoms with Crippen LogP contribution in [-0.2, 0) is 22.4 Å². The number of Topliss-reactive ketones (excluding diaryl/α,β-unsaturated/α-hetero) is 1. The highest BCUT2D eigenvalue weighted by atomic mass is 35.5. The van der Waals surface area contributed by atoms with Gasteiger partial charge in [0.05, 0.1) is 30.2 Å². The summed E-state index contributed by atoms with van der Waals surface area (Å²) >= 11 is 5.88. The molecule has 144 valence electrons. The van der Waals surface area contributed by atoms with Gasteiger partial charge in [0.2, 0.25) is 5.91 Å². The Labute approximate surface area is 169 Å². The zero-order chi connectivity index (χ0) is 20.1. The average molecular weight is 397 g/mol. The van der Waals surface area contributed by atoms with Gasteiger partial charge in [0.25, 0.3) is 0 Å². The molecule has 0 aromatic heterocycles. The van der Waals surface area contributed by atoms with Crippen LogP contribution in [0.2, 0.25) is 5.02 Å². The maximum atomic E-state index is 12.8. The van der Waals surface area contributed by atoms with Gasteiger partial charge in [0.1, 0.15) is 0 Å². The van der Waals surface area contributed by atoms with Crippen LogP contribution in [0.5, 0.6) is 0 Å². The summed E-state index contributed by atoms with van der Waals surface area (Å²) in [6, 6.07) is 15.6. The molecular weight excluding hydrogens is 376 g/mol. The van der Waals surface area contributed by atoms with Crippen molar-refractivity contribution in [1.82, 2.24) is 4.90 Å². The van der Waals surface area contributed by atoms with Gasteiger partial charge in [0, 0.05) is 24.4 Å². The lowest BCUT2D eigenvalue weighted by Gasteiger charge is -2.23. The Hall–Kier alpha value is -2.68. The monoisotopic (exact) mass is 396 g/mol. The summed E-state index contributed by atoms with van der Waals surface area (Å²) in [5, 5.41) is 19.7. The first kappa shape index (κ1) is 20.1. The number of ketones is 1. The first-order valence-corrected chi connectivity index (χ1v) is 9.58. The zero-order valence-corrected chi connectivity index (χ0v) is 16.1. The molecule has 0 aliphatic carbocycles. The number of aryl methyl sites for hydroxylation is 1. The quantitative estimate of drug-likeness (QED) is 0.813. The second-order valence-corrected chi connectivity index (χ2v) is 7.47. The van der Waals surface area contributed by atoms with E-state index in [1.54, 1.807) is 36.4 Å². The molecule has 0 bridgehead atoms.